The van der Waals surface area contributed by atoms with Gasteiger partial charge in [0.2, 0.25) is 0 Å². The maximum Gasteiger partial charge on any atom is 0.416 e. The lowest BCUT2D eigenvalue weighted by atomic mass is 9.95. The lowest BCUT2D eigenvalue weighted by molar-refractivity contribution is -0.140. The van der Waals surface area contributed by atoms with Crippen molar-refractivity contribution in [2.24, 2.45) is 0 Å². The Hall–Kier alpha value is -2.78. The summed E-state index contributed by atoms with van der Waals surface area (Å²) in [5.41, 5.74) is 3.02. The van der Waals surface area contributed by atoms with E-state index in [1.54, 1.807) is 17.8 Å². The van der Waals surface area contributed by atoms with Crippen LogP contribution in [0, 0.1) is 13.8 Å². The van der Waals surface area contributed by atoms with Crippen molar-refractivity contribution in [3.63, 3.8) is 0 Å². The zero-order valence-electron chi connectivity index (χ0n) is 21.2. The van der Waals surface area contributed by atoms with Crippen molar-refractivity contribution < 1.29 is 27.5 Å². The second-order valence-electron chi connectivity index (χ2n) is 8.69. The van der Waals surface area contributed by atoms with Crippen molar-refractivity contribution in [3.05, 3.63) is 75.0 Å². The molecule has 0 saturated heterocycles. The number of amides is 1. The van der Waals surface area contributed by atoms with Crippen LogP contribution >= 0.6 is 23.1 Å². The number of hydrogen-bond acceptors (Lipinski definition) is 5. The minimum absolute atomic E-state index is 0.121. The van der Waals surface area contributed by atoms with Gasteiger partial charge in [0.25, 0.3) is 5.91 Å². The van der Waals surface area contributed by atoms with Crippen molar-refractivity contribution in [2.45, 2.75) is 56.4 Å². The van der Waals surface area contributed by atoms with Gasteiger partial charge in [-0.3, -0.25) is 9.59 Å². The fourth-order valence-electron chi connectivity index (χ4n) is 4.07. The molecule has 1 aromatic heterocycles. The number of methoxy groups -OCH3 is 1. The number of thioether (sulfide) groups is 1. The Morgan fingerprint density at radius 3 is 2.27 bits per heavy atom. The summed E-state index contributed by atoms with van der Waals surface area (Å²) in [4.78, 5) is 26.5. The molecule has 0 saturated carbocycles. The summed E-state index contributed by atoms with van der Waals surface area (Å²) >= 11 is 3.17. The van der Waals surface area contributed by atoms with Crippen LogP contribution in [0.3, 0.4) is 0 Å². The molecule has 0 unspecified atom stereocenters. The van der Waals surface area contributed by atoms with Gasteiger partial charge in [-0.25, -0.2) is 0 Å². The van der Waals surface area contributed by atoms with Crippen LogP contribution in [0.4, 0.5) is 13.2 Å². The molecule has 0 aliphatic rings. The van der Waals surface area contributed by atoms with Crippen LogP contribution in [0.1, 0.15) is 62.7 Å². The Kier molecular flexibility index (Phi) is 9.84. The lowest BCUT2D eigenvalue weighted by Crippen LogP contribution is -2.25. The van der Waals surface area contributed by atoms with Gasteiger partial charge in [-0.2, -0.15) is 13.2 Å². The van der Waals surface area contributed by atoms with E-state index in [1.165, 1.54) is 30.6 Å². The Morgan fingerprint density at radius 2 is 1.70 bits per heavy atom. The summed E-state index contributed by atoms with van der Waals surface area (Å²) in [6, 6.07) is 13.2. The molecule has 3 aromatic rings. The van der Waals surface area contributed by atoms with Crippen molar-refractivity contribution in [1.82, 2.24) is 5.32 Å². The first-order valence-corrected chi connectivity index (χ1v) is 13.6. The van der Waals surface area contributed by atoms with E-state index in [9.17, 15) is 22.8 Å². The number of carbonyl (C=O) groups excluding carboxylic acids is 2. The Morgan fingerprint density at radius 1 is 1.05 bits per heavy atom. The SMILES string of the molecule is CCC[C@@H](Sc1cc(C)c(-c2ccc(C(F)(F)F)cc2)c(C)c1)c1ccc(C(=O)NCCC(=O)OC)s1. The molecule has 2 aromatic carbocycles. The zero-order valence-corrected chi connectivity index (χ0v) is 22.8. The Bertz CT molecular complexity index is 1210. The number of rotatable bonds is 10. The van der Waals surface area contributed by atoms with Crippen LogP contribution < -0.4 is 5.32 Å². The first-order valence-electron chi connectivity index (χ1n) is 11.9. The monoisotopic (exact) mass is 549 g/mol. The van der Waals surface area contributed by atoms with E-state index in [0.29, 0.717) is 4.88 Å². The average Bonchev–Trinajstić information content (AvgIpc) is 3.33. The average molecular weight is 550 g/mol. The fourth-order valence-corrected chi connectivity index (χ4v) is 6.67. The van der Waals surface area contributed by atoms with Gasteiger partial charge in [-0.05, 0) is 78.9 Å². The standard InChI is InChI=1S/C28H30F3NO3S2/c1-5-6-22(23-11-12-24(37-23)27(34)32-14-13-25(33)35-4)36-21-15-17(2)26(18(3)16-21)19-7-9-20(10-8-19)28(29,30)31/h7-12,15-16,22H,5-6,13-14H2,1-4H3,(H,32,34)/t22-/m1/s1. The molecule has 4 nitrogen and oxygen atoms in total. The minimum atomic E-state index is -4.36. The smallest absolute Gasteiger partial charge is 0.416 e. The summed E-state index contributed by atoms with van der Waals surface area (Å²) in [6.45, 7) is 6.28. The number of esters is 1. The van der Waals surface area contributed by atoms with E-state index in [1.807, 2.05) is 19.9 Å². The summed E-state index contributed by atoms with van der Waals surface area (Å²) in [5.74, 6) is -0.588. The molecular weight excluding hydrogens is 519 g/mol. The first kappa shape index (κ1) is 28.8. The van der Waals surface area contributed by atoms with Gasteiger partial charge in [-0.1, -0.05) is 25.5 Å². The Balaban J connectivity index is 1.76. The molecule has 0 radical (unpaired) electrons. The van der Waals surface area contributed by atoms with E-state index in [2.05, 4.69) is 29.1 Å². The quantitative estimate of drug-likeness (QED) is 0.206. The number of carbonyl (C=O) groups is 2. The molecule has 198 valence electrons. The van der Waals surface area contributed by atoms with Gasteiger partial charge in [0, 0.05) is 21.6 Å². The Labute approximate surface area is 223 Å². The molecule has 37 heavy (non-hydrogen) atoms. The number of ether oxygens (including phenoxy) is 1. The molecule has 3 rings (SSSR count). The van der Waals surface area contributed by atoms with E-state index < -0.39 is 11.7 Å². The predicted molar refractivity (Wildman–Crippen MR) is 143 cm³/mol. The third-order valence-corrected chi connectivity index (χ3v) is 8.48. The van der Waals surface area contributed by atoms with Crippen LogP contribution in [-0.2, 0) is 15.7 Å². The molecule has 1 amide bonds. The van der Waals surface area contributed by atoms with E-state index >= 15 is 0 Å². The second kappa shape index (κ2) is 12.6. The number of benzene rings is 2. The van der Waals surface area contributed by atoms with Crippen LogP contribution in [0.5, 0.6) is 0 Å². The van der Waals surface area contributed by atoms with E-state index in [4.69, 9.17) is 0 Å². The van der Waals surface area contributed by atoms with Gasteiger partial charge >= 0.3 is 12.1 Å². The highest BCUT2D eigenvalue weighted by molar-refractivity contribution is 7.99. The third-order valence-electron chi connectivity index (χ3n) is 5.85. The van der Waals surface area contributed by atoms with Gasteiger partial charge in [0.05, 0.1) is 24.0 Å². The lowest BCUT2D eigenvalue weighted by Gasteiger charge is -2.18. The van der Waals surface area contributed by atoms with Gasteiger partial charge in [0.1, 0.15) is 0 Å². The van der Waals surface area contributed by atoms with E-state index in [0.717, 1.165) is 57.0 Å². The van der Waals surface area contributed by atoms with Gasteiger partial charge < -0.3 is 10.1 Å². The fraction of sp³-hybridized carbons (Fsp3) is 0.357. The largest absolute Gasteiger partial charge is 0.469 e. The van der Waals surface area contributed by atoms with Crippen molar-refractivity contribution in [3.8, 4) is 11.1 Å². The van der Waals surface area contributed by atoms with Gasteiger partial charge in [-0.15, -0.1) is 23.1 Å². The summed E-state index contributed by atoms with van der Waals surface area (Å²) < 4.78 is 43.5. The number of nitrogens with one attached hydrogen (secondary N) is 1. The summed E-state index contributed by atoms with van der Waals surface area (Å²) in [7, 11) is 1.31. The van der Waals surface area contributed by atoms with Crippen molar-refractivity contribution in [2.75, 3.05) is 13.7 Å². The topological polar surface area (TPSA) is 55.4 Å². The van der Waals surface area contributed by atoms with E-state index in [-0.39, 0.29) is 30.1 Å². The maximum atomic E-state index is 13.0. The second-order valence-corrected chi connectivity index (χ2v) is 11.1. The molecular formula is C28H30F3NO3S2. The molecule has 0 aliphatic heterocycles. The highest BCUT2D eigenvalue weighted by Gasteiger charge is 2.30. The van der Waals surface area contributed by atoms with Crippen LogP contribution in [0.2, 0.25) is 0 Å². The number of alkyl halides is 3. The predicted octanol–water partition coefficient (Wildman–Crippen LogP) is 7.98. The van der Waals surface area contributed by atoms with Crippen LogP contribution in [-0.4, -0.2) is 25.5 Å². The third kappa shape index (κ3) is 7.61. The minimum Gasteiger partial charge on any atom is -0.469 e. The molecule has 1 atom stereocenters. The normalized spacial score (nSPS) is 12.3. The van der Waals surface area contributed by atoms with Crippen LogP contribution in [0.25, 0.3) is 11.1 Å². The number of thiophene rings is 1. The zero-order chi connectivity index (χ0) is 27.2. The number of halogens is 3. The van der Waals surface area contributed by atoms with Crippen molar-refractivity contribution in [1.29, 1.82) is 0 Å². The molecule has 0 aliphatic carbocycles. The van der Waals surface area contributed by atoms with Crippen LogP contribution in [0.15, 0.2) is 53.4 Å². The molecule has 0 spiro atoms. The summed E-state index contributed by atoms with van der Waals surface area (Å²) in [6.07, 6.45) is -2.34. The number of hydrogen-bond donors (Lipinski definition) is 1. The number of aryl methyl sites for hydroxylation is 2. The highest BCUT2D eigenvalue weighted by atomic mass is 32.2. The molecule has 1 heterocycles. The first-order chi connectivity index (χ1) is 17.5. The molecule has 0 bridgehead atoms. The molecule has 9 heteroatoms. The van der Waals surface area contributed by atoms with Gasteiger partial charge in [0.15, 0.2) is 0 Å². The maximum absolute atomic E-state index is 13.0. The summed E-state index contributed by atoms with van der Waals surface area (Å²) in [5, 5.41) is 2.90. The van der Waals surface area contributed by atoms with Crippen molar-refractivity contribution >= 4 is 35.0 Å². The highest BCUT2D eigenvalue weighted by Crippen LogP contribution is 2.43. The molecule has 1 N–H and O–H groups in total. The molecule has 0 fully saturated rings.